The van der Waals surface area contributed by atoms with Gasteiger partial charge in [0.2, 0.25) is 0 Å². The van der Waals surface area contributed by atoms with Crippen LogP contribution in [-0.4, -0.2) is 37.2 Å². The maximum Gasteiger partial charge on any atom is 0.125 e. The fourth-order valence-corrected chi connectivity index (χ4v) is 3.54. The smallest absolute Gasteiger partial charge is 0.125 e. The average molecular weight is 266 g/mol. The Morgan fingerprint density at radius 1 is 1.22 bits per heavy atom. The molecule has 1 atom stereocenters. The number of nitrogens with two attached hydrogens (primary N) is 1. The molecule has 1 aromatic carbocycles. The van der Waals surface area contributed by atoms with E-state index in [-0.39, 0.29) is 0 Å². The summed E-state index contributed by atoms with van der Waals surface area (Å²) in [6, 6.07) is 5.99. The fraction of sp³-hybridized carbons (Fsp3) is 0.538. The highest BCUT2D eigenvalue weighted by molar-refractivity contribution is 7.97. The lowest BCUT2D eigenvalue weighted by Crippen LogP contribution is -2.32. The van der Waals surface area contributed by atoms with Crippen molar-refractivity contribution in [2.45, 2.75) is 11.7 Å². The molecule has 3 rings (SSSR count). The van der Waals surface area contributed by atoms with Gasteiger partial charge in [-0.3, -0.25) is 0 Å². The molecule has 1 saturated heterocycles. The second-order valence-corrected chi connectivity index (χ2v) is 5.87. The lowest BCUT2D eigenvalue weighted by molar-refractivity contribution is 0.0769. The Morgan fingerprint density at radius 3 is 2.89 bits per heavy atom. The Bertz CT molecular complexity index is 421. The van der Waals surface area contributed by atoms with Gasteiger partial charge in [0.1, 0.15) is 5.75 Å². The van der Waals surface area contributed by atoms with Crippen LogP contribution in [0.3, 0.4) is 0 Å². The molecule has 0 amide bonds. The second-order valence-electron chi connectivity index (χ2n) is 4.57. The molecule has 2 N–H and O–H groups in total. The largest absolute Gasteiger partial charge is 0.493 e. The summed E-state index contributed by atoms with van der Waals surface area (Å²) in [4.78, 5) is 0. The summed E-state index contributed by atoms with van der Waals surface area (Å²) in [6.07, 6.45) is 1.05. The number of morpholine rings is 1. The highest BCUT2D eigenvalue weighted by Gasteiger charge is 2.25. The minimum Gasteiger partial charge on any atom is -0.493 e. The van der Waals surface area contributed by atoms with E-state index >= 15 is 0 Å². The molecule has 4 nitrogen and oxygen atoms in total. The van der Waals surface area contributed by atoms with Crippen molar-refractivity contribution in [1.82, 2.24) is 4.31 Å². The van der Waals surface area contributed by atoms with Gasteiger partial charge in [0.15, 0.2) is 0 Å². The molecule has 1 unspecified atom stereocenters. The summed E-state index contributed by atoms with van der Waals surface area (Å²) >= 11 is 1.92. The third kappa shape index (κ3) is 2.58. The van der Waals surface area contributed by atoms with Crippen LogP contribution in [-0.2, 0) is 4.74 Å². The van der Waals surface area contributed by atoms with Crippen molar-refractivity contribution in [1.29, 1.82) is 0 Å². The van der Waals surface area contributed by atoms with Crippen LogP contribution >= 0.6 is 11.9 Å². The first-order valence-electron chi connectivity index (χ1n) is 6.34. The molecule has 18 heavy (non-hydrogen) atoms. The molecule has 1 fully saturated rings. The monoisotopic (exact) mass is 266 g/mol. The quantitative estimate of drug-likeness (QED) is 0.656. The number of hydrogen-bond acceptors (Lipinski definition) is 5. The second kappa shape index (κ2) is 5.38. The number of nitrogens with zero attached hydrogens (tertiary/aromatic N) is 1. The summed E-state index contributed by atoms with van der Waals surface area (Å²) in [5, 5.41) is 0.479. The number of benzene rings is 1. The molecule has 2 heterocycles. The third-order valence-electron chi connectivity index (χ3n) is 3.27. The van der Waals surface area contributed by atoms with Crippen molar-refractivity contribution in [2.24, 2.45) is 0 Å². The minimum absolute atomic E-state index is 0.479. The number of ether oxygens (including phenoxy) is 2. The van der Waals surface area contributed by atoms with Crippen LogP contribution in [0.5, 0.6) is 5.75 Å². The molecule has 98 valence electrons. The first-order valence-corrected chi connectivity index (χ1v) is 7.18. The molecule has 0 spiro atoms. The van der Waals surface area contributed by atoms with Gasteiger partial charge in [-0.25, -0.2) is 4.31 Å². The van der Waals surface area contributed by atoms with E-state index in [0.29, 0.717) is 5.25 Å². The lowest BCUT2D eigenvalue weighted by Gasteiger charge is -2.32. The number of hydrogen-bond donors (Lipinski definition) is 1. The topological polar surface area (TPSA) is 47.7 Å². The van der Waals surface area contributed by atoms with Gasteiger partial charge in [-0.05, 0) is 12.5 Å². The van der Waals surface area contributed by atoms with Crippen LogP contribution in [0.1, 0.15) is 17.2 Å². The summed E-state index contributed by atoms with van der Waals surface area (Å²) in [5.74, 6) is 0.951. The minimum atomic E-state index is 0.479. The number of fused-ring (bicyclic) bond motifs is 1. The predicted molar refractivity (Wildman–Crippen MR) is 73.7 cm³/mol. The van der Waals surface area contributed by atoms with Gasteiger partial charge < -0.3 is 15.2 Å². The highest BCUT2D eigenvalue weighted by Crippen LogP contribution is 2.43. The van der Waals surface area contributed by atoms with Crippen molar-refractivity contribution >= 4 is 17.6 Å². The van der Waals surface area contributed by atoms with Crippen LogP contribution in [0.15, 0.2) is 18.2 Å². The van der Waals surface area contributed by atoms with Crippen LogP contribution in [0, 0.1) is 0 Å². The molecule has 0 saturated carbocycles. The summed E-state index contributed by atoms with van der Waals surface area (Å²) in [6.45, 7) is 4.47. The van der Waals surface area contributed by atoms with Gasteiger partial charge >= 0.3 is 0 Å². The normalized spacial score (nSPS) is 24.3. The van der Waals surface area contributed by atoms with E-state index in [4.69, 9.17) is 15.2 Å². The lowest BCUT2D eigenvalue weighted by atomic mass is 10.1. The number of anilines is 1. The fourth-order valence-electron chi connectivity index (χ4n) is 2.31. The zero-order chi connectivity index (χ0) is 12.4. The van der Waals surface area contributed by atoms with Crippen molar-refractivity contribution in [3.8, 4) is 5.75 Å². The van der Waals surface area contributed by atoms with E-state index < -0.39 is 0 Å². The van der Waals surface area contributed by atoms with Gasteiger partial charge in [0, 0.05) is 30.4 Å². The average Bonchev–Trinajstić information content (AvgIpc) is 2.40. The van der Waals surface area contributed by atoms with Gasteiger partial charge in [0.25, 0.3) is 0 Å². The van der Waals surface area contributed by atoms with Gasteiger partial charge in [-0.15, -0.1) is 0 Å². The van der Waals surface area contributed by atoms with Gasteiger partial charge in [-0.2, -0.15) is 0 Å². The highest BCUT2D eigenvalue weighted by atomic mass is 32.2. The summed E-state index contributed by atoms with van der Waals surface area (Å²) < 4.78 is 13.5. The van der Waals surface area contributed by atoms with Crippen molar-refractivity contribution in [3.63, 3.8) is 0 Å². The molecule has 0 aromatic heterocycles. The molecule has 2 aliphatic heterocycles. The Labute approximate surface area is 112 Å². The van der Waals surface area contributed by atoms with E-state index in [1.54, 1.807) is 0 Å². The van der Waals surface area contributed by atoms with E-state index in [9.17, 15) is 0 Å². The van der Waals surface area contributed by atoms with Gasteiger partial charge in [-0.1, -0.05) is 18.0 Å². The number of nitrogen functional groups attached to an aromatic ring is 1. The maximum atomic E-state index is 5.80. The van der Waals surface area contributed by atoms with Crippen LogP contribution < -0.4 is 10.5 Å². The third-order valence-corrected chi connectivity index (χ3v) is 4.68. The van der Waals surface area contributed by atoms with E-state index in [0.717, 1.165) is 50.8 Å². The van der Waals surface area contributed by atoms with Gasteiger partial charge in [0.05, 0.1) is 25.1 Å². The van der Waals surface area contributed by atoms with Crippen molar-refractivity contribution in [3.05, 3.63) is 23.8 Å². The molecular weight excluding hydrogens is 248 g/mol. The van der Waals surface area contributed by atoms with Crippen molar-refractivity contribution in [2.75, 3.05) is 38.6 Å². The molecular formula is C13H18N2O2S. The summed E-state index contributed by atoms with van der Waals surface area (Å²) in [5.41, 5.74) is 7.84. The Hall–Kier alpha value is -0.910. The molecule has 2 aliphatic rings. The van der Waals surface area contributed by atoms with Crippen LogP contribution in [0.4, 0.5) is 5.69 Å². The summed E-state index contributed by atoms with van der Waals surface area (Å²) in [7, 11) is 0. The Kier molecular flexibility index (Phi) is 3.63. The molecule has 0 bridgehead atoms. The molecule has 0 aliphatic carbocycles. The Morgan fingerprint density at radius 2 is 2.06 bits per heavy atom. The molecule has 5 heteroatoms. The van der Waals surface area contributed by atoms with Crippen LogP contribution in [0.2, 0.25) is 0 Å². The van der Waals surface area contributed by atoms with Crippen molar-refractivity contribution < 1.29 is 9.47 Å². The Balaban J connectivity index is 1.74. The maximum absolute atomic E-state index is 5.80. The zero-order valence-electron chi connectivity index (χ0n) is 10.3. The predicted octanol–water partition coefficient (Wildman–Crippen LogP) is 2.07. The molecule has 1 aromatic rings. The van der Waals surface area contributed by atoms with Crippen LogP contribution in [0.25, 0.3) is 0 Å². The zero-order valence-corrected chi connectivity index (χ0v) is 11.1. The first-order chi connectivity index (χ1) is 8.83. The molecule has 0 radical (unpaired) electrons. The first kappa shape index (κ1) is 12.1. The van der Waals surface area contributed by atoms with E-state index in [1.165, 1.54) is 5.56 Å². The van der Waals surface area contributed by atoms with E-state index in [2.05, 4.69) is 10.4 Å². The standard InChI is InChI=1S/C13H18N2O2S/c14-10-1-2-11-12(9-10)17-6-3-13(11)18-15-4-7-16-8-5-15/h1-2,9,13H,3-8,14H2. The SMILES string of the molecule is Nc1ccc2c(c1)OCCC2SN1CCOCC1. The van der Waals surface area contributed by atoms with E-state index in [1.807, 2.05) is 24.1 Å². The number of rotatable bonds is 2.